The van der Waals surface area contributed by atoms with Gasteiger partial charge in [0.05, 0.1) is 112 Å². The van der Waals surface area contributed by atoms with Crippen molar-refractivity contribution in [1.82, 2.24) is 4.90 Å². The smallest absolute Gasteiger partial charge is 0.0872 e. The van der Waals surface area contributed by atoms with Crippen LogP contribution in [0.3, 0.4) is 0 Å². The highest BCUT2D eigenvalue weighted by atomic mass is 16.6. The normalized spacial score (nSPS) is 15.2. The Labute approximate surface area is 282 Å². The van der Waals surface area contributed by atoms with E-state index in [4.69, 9.17) is 42.6 Å². The Morgan fingerprint density at radius 1 is 0.574 bits per heavy atom. The molecule has 0 amide bonds. The number of fused-ring (bicyclic) bond motifs is 2. The van der Waals surface area contributed by atoms with Crippen LogP contribution < -0.4 is 0 Å². The summed E-state index contributed by atoms with van der Waals surface area (Å²) in [4.78, 5) is 2.22. The molecule has 0 N–H and O–H groups in total. The van der Waals surface area contributed by atoms with Gasteiger partial charge in [-0.05, 0) is 48.3 Å². The second-order valence-electron chi connectivity index (χ2n) is 11.3. The summed E-state index contributed by atoms with van der Waals surface area (Å²) >= 11 is 0. The molecule has 2 aromatic carbocycles. The molecule has 0 fully saturated rings. The monoisotopic (exact) mass is 659 g/mol. The van der Waals surface area contributed by atoms with E-state index in [0.29, 0.717) is 106 Å². The zero-order valence-electron chi connectivity index (χ0n) is 28.8. The molecular formula is C37H57NO9. The van der Waals surface area contributed by atoms with Gasteiger partial charge >= 0.3 is 0 Å². The standard InChI is InChI=1S/C37H57NO9/c1-38(2)14-8-13-34-33-10-5-4-9-32(33)31-37(36-12-7-6-11-35(34)36)47-30-29-46-28-27-45-26-25-44-24-23-43-22-21-42-20-19-41-18-17-40-16-15-39-3/h4-7,9-13,37H,8,14-31H2,1-3H3/b34-13-/t37-/m0/s1. The summed E-state index contributed by atoms with van der Waals surface area (Å²) in [6.07, 6.45) is 4.18. The molecule has 0 bridgehead atoms. The zero-order chi connectivity index (χ0) is 33.2. The minimum absolute atomic E-state index is 0.0253. The van der Waals surface area contributed by atoms with E-state index >= 15 is 0 Å². The van der Waals surface area contributed by atoms with E-state index in [-0.39, 0.29) is 6.10 Å². The minimum Gasteiger partial charge on any atom is -0.382 e. The Bertz CT molecular complexity index is 1100. The number of rotatable bonds is 28. The molecule has 1 atom stereocenters. The van der Waals surface area contributed by atoms with Gasteiger partial charge in [0.2, 0.25) is 0 Å². The van der Waals surface area contributed by atoms with Gasteiger partial charge in [-0.1, -0.05) is 54.6 Å². The molecule has 0 saturated carbocycles. The third kappa shape index (κ3) is 16.6. The van der Waals surface area contributed by atoms with Crippen LogP contribution in [0.15, 0.2) is 54.6 Å². The topological polar surface area (TPSA) is 86.3 Å². The first kappa shape index (κ1) is 39.2. The van der Waals surface area contributed by atoms with Gasteiger partial charge in [0.15, 0.2) is 0 Å². The van der Waals surface area contributed by atoms with Crippen LogP contribution in [0.25, 0.3) is 5.57 Å². The lowest BCUT2D eigenvalue weighted by molar-refractivity contribution is -0.0289. The van der Waals surface area contributed by atoms with Gasteiger partial charge in [0.25, 0.3) is 0 Å². The van der Waals surface area contributed by atoms with Crippen molar-refractivity contribution in [2.24, 2.45) is 0 Å². The summed E-state index contributed by atoms with van der Waals surface area (Å²) < 4.78 is 50.1. The summed E-state index contributed by atoms with van der Waals surface area (Å²) in [5.41, 5.74) is 6.41. The fraction of sp³-hybridized carbons (Fsp3) is 0.622. The first-order chi connectivity index (χ1) is 23.2. The van der Waals surface area contributed by atoms with Gasteiger partial charge in [-0.15, -0.1) is 0 Å². The van der Waals surface area contributed by atoms with Crippen LogP contribution in [0.2, 0.25) is 0 Å². The Morgan fingerprint density at radius 3 is 1.53 bits per heavy atom. The maximum Gasteiger partial charge on any atom is 0.0872 e. The van der Waals surface area contributed by atoms with Crippen molar-refractivity contribution in [3.05, 3.63) is 76.9 Å². The van der Waals surface area contributed by atoms with Crippen molar-refractivity contribution in [2.45, 2.75) is 18.9 Å². The minimum atomic E-state index is -0.0253. The molecule has 0 unspecified atom stereocenters. The highest BCUT2D eigenvalue weighted by Crippen LogP contribution is 2.39. The molecule has 1 aliphatic carbocycles. The molecule has 0 radical (unpaired) electrons. The van der Waals surface area contributed by atoms with Gasteiger partial charge < -0.3 is 47.5 Å². The third-order valence-electron chi connectivity index (χ3n) is 7.45. The van der Waals surface area contributed by atoms with Crippen molar-refractivity contribution < 1.29 is 42.6 Å². The summed E-state index contributed by atoms with van der Waals surface area (Å²) in [6, 6.07) is 17.3. The predicted molar refractivity (Wildman–Crippen MR) is 183 cm³/mol. The average Bonchev–Trinajstić information content (AvgIpc) is 3.21. The molecule has 0 heterocycles. The van der Waals surface area contributed by atoms with Crippen LogP contribution in [0, 0.1) is 0 Å². The van der Waals surface area contributed by atoms with E-state index in [2.05, 4.69) is 73.6 Å². The number of hydrogen-bond acceptors (Lipinski definition) is 10. The first-order valence-electron chi connectivity index (χ1n) is 16.9. The van der Waals surface area contributed by atoms with Crippen molar-refractivity contribution in [3.8, 4) is 0 Å². The largest absolute Gasteiger partial charge is 0.382 e. The maximum atomic E-state index is 6.43. The molecule has 0 saturated heterocycles. The molecule has 47 heavy (non-hydrogen) atoms. The summed E-state index contributed by atoms with van der Waals surface area (Å²) in [6.45, 7) is 9.58. The third-order valence-corrected chi connectivity index (χ3v) is 7.45. The molecule has 0 spiro atoms. The number of methoxy groups -OCH3 is 1. The Morgan fingerprint density at radius 2 is 1.02 bits per heavy atom. The lowest BCUT2D eigenvalue weighted by Gasteiger charge is -2.19. The molecule has 0 aromatic heterocycles. The first-order valence-corrected chi connectivity index (χ1v) is 16.9. The molecule has 264 valence electrons. The number of nitrogens with zero attached hydrogens (tertiary/aromatic N) is 1. The van der Waals surface area contributed by atoms with Crippen molar-refractivity contribution in [1.29, 1.82) is 0 Å². The predicted octanol–water partition coefficient (Wildman–Crippen LogP) is 4.45. The number of hydrogen-bond donors (Lipinski definition) is 0. The second kappa shape index (κ2) is 25.8. The lowest BCUT2D eigenvalue weighted by Crippen LogP contribution is -2.15. The van der Waals surface area contributed by atoms with Gasteiger partial charge in [0, 0.05) is 20.1 Å². The molecule has 3 rings (SSSR count). The van der Waals surface area contributed by atoms with E-state index in [1.165, 1.54) is 27.8 Å². The van der Waals surface area contributed by atoms with Gasteiger partial charge in [-0.25, -0.2) is 0 Å². The molecular weight excluding hydrogens is 602 g/mol. The van der Waals surface area contributed by atoms with Crippen LogP contribution in [-0.2, 0) is 49.1 Å². The Hall–Kier alpha value is -2.22. The highest BCUT2D eigenvalue weighted by Gasteiger charge is 2.25. The van der Waals surface area contributed by atoms with Crippen molar-refractivity contribution in [2.75, 3.05) is 133 Å². The second-order valence-corrected chi connectivity index (χ2v) is 11.3. The molecule has 0 aliphatic heterocycles. The molecule has 2 aromatic rings. The van der Waals surface area contributed by atoms with Crippen LogP contribution in [0.4, 0.5) is 0 Å². The van der Waals surface area contributed by atoms with Crippen molar-refractivity contribution in [3.63, 3.8) is 0 Å². The lowest BCUT2D eigenvalue weighted by atomic mass is 9.93. The summed E-state index contributed by atoms with van der Waals surface area (Å²) in [7, 11) is 5.88. The van der Waals surface area contributed by atoms with Gasteiger partial charge in [0.1, 0.15) is 0 Å². The zero-order valence-corrected chi connectivity index (χ0v) is 28.8. The van der Waals surface area contributed by atoms with Crippen LogP contribution in [0.5, 0.6) is 0 Å². The fourth-order valence-corrected chi connectivity index (χ4v) is 5.09. The van der Waals surface area contributed by atoms with Crippen LogP contribution in [-0.4, -0.2) is 138 Å². The number of ether oxygens (including phenoxy) is 9. The van der Waals surface area contributed by atoms with E-state index in [1.54, 1.807) is 7.11 Å². The van der Waals surface area contributed by atoms with Crippen molar-refractivity contribution >= 4 is 5.57 Å². The molecule has 10 heteroatoms. The maximum absolute atomic E-state index is 6.43. The number of benzene rings is 2. The van der Waals surface area contributed by atoms with E-state index < -0.39 is 0 Å². The van der Waals surface area contributed by atoms with Gasteiger partial charge in [-0.2, -0.15) is 0 Å². The van der Waals surface area contributed by atoms with Gasteiger partial charge in [-0.3, -0.25) is 0 Å². The average molecular weight is 660 g/mol. The van der Waals surface area contributed by atoms with E-state index in [9.17, 15) is 0 Å². The van der Waals surface area contributed by atoms with E-state index in [1.807, 2.05) is 0 Å². The molecule has 1 aliphatic rings. The summed E-state index contributed by atoms with van der Waals surface area (Å²) in [5, 5.41) is 0. The van der Waals surface area contributed by atoms with Crippen LogP contribution in [0.1, 0.15) is 34.8 Å². The quantitative estimate of drug-likeness (QED) is 0.122. The Balaban J connectivity index is 1.18. The van der Waals surface area contributed by atoms with Crippen LogP contribution >= 0.6 is 0 Å². The fourth-order valence-electron chi connectivity index (χ4n) is 5.09. The highest BCUT2D eigenvalue weighted by molar-refractivity contribution is 5.84. The molecule has 10 nitrogen and oxygen atoms in total. The Kier molecular flexibility index (Phi) is 21.5. The van der Waals surface area contributed by atoms with E-state index in [0.717, 1.165) is 19.4 Å². The summed E-state index contributed by atoms with van der Waals surface area (Å²) in [5.74, 6) is 0. The SMILES string of the molecule is COCCOCCOCCOCCOCCOCCOCCOCCO[C@H]1Cc2ccccc2/C(=C/CCN(C)C)c2ccccc21.